The number of aromatic nitrogens is 2. The van der Waals surface area contributed by atoms with E-state index in [-0.39, 0.29) is 0 Å². The highest BCUT2D eigenvalue weighted by Crippen LogP contribution is 2.23. The van der Waals surface area contributed by atoms with Crippen LogP contribution < -0.4 is 5.73 Å². The van der Waals surface area contributed by atoms with Gasteiger partial charge in [0, 0.05) is 5.56 Å². The SMILES string of the molecule is CCCCCCc1nn(-c2ccccc2)c(N)c1CC. The molecule has 0 saturated heterocycles. The van der Waals surface area contributed by atoms with Gasteiger partial charge in [0.25, 0.3) is 0 Å². The molecule has 2 N–H and O–H groups in total. The van der Waals surface area contributed by atoms with Crippen LogP contribution in [0.4, 0.5) is 5.82 Å². The molecular weight excluding hydrogens is 246 g/mol. The molecule has 0 radical (unpaired) electrons. The smallest absolute Gasteiger partial charge is 0.130 e. The monoisotopic (exact) mass is 271 g/mol. The minimum Gasteiger partial charge on any atom is -0.383 e. The van der Waals surface area contributed by atoms with Gasteiger partial charge in [0.15, 0.2) is 0 Å². The Bertz CT molecular complexity index is 529. The molecule has 1 aromatic heterocycles. The van der Waals surface area contributed by atoms with Crippen LogP contribution in [-0.2, 0) is 12.8 Å². The van der Waals surface area contributed by atoms with Crippen LogP contribution in [0.25, 0.3) is 5.69 Å². The molecule has 0 bridgehead atoms. The third kappa shape index (κ3) is 3.21. The largest absolute Gasteiger partial charge is 0.383 e. The Kier molecular flexibility index (Phi) is 5.22. The fourth-order valence-electron chi connectivity index (χ4n) is 2.58. The zero-order chi connectivity index (χ0) is 14.4. The molecule has 1 aromatic carbocycles. The van der Waals surface area contributed by atoms with Crippen molar-refractivity contribution < 1.29 is 0 Å². The van der Waals surface area contributed by atoms with Crippen molar-refractivity contribution in [3.8, 4) is 5.69 Å². The summed E-state index contributed by atoms with van der Waals surface area (Å²) in [6, 6.07) is 10.1. The van der Waals surface area contributed by atoms with Crippen molar-refractivity contribution in [2.45, 2.75) is 52.4 Å². The van der Waals surface area contributed by atoms with Crippen LogP contribution in [0.5, 0.6) is 0 Å². The summed E-state index contributed by atoms with van der Waals surface area (Å²) >= 11 is 0. The number of anilines is 1. The highest BCUT2D eigenvalue weighted by Gasteiger charge is 2.14. The summed E-state index contributed by atoms with van der Waals surface area (Å²) in [5.74, 6) is 0.796. The fraction of sp³-hybridized carbons (Fsp3) is 0.471. The molecule has 2 aromatic rings. The Balaban J connectivity index is 2.21. The predicted octanol–water partition coefficient (Wildman–Crippen LogP) is 4.14. The topological polar surface area (TPSA) is 43.8 Å². The lowest BCUT2D eigenvalue weighted by molar-refractivity contribution is 0.654. The van der Waals surface area contributed by atoms with Crippen molar-refractivity contribution in [2.24, 2.45) is 0 Å². The fourth-order valence-corrected chi connectivity index (χ4v) is 2.58. The van der Waals surface area contributed by atoms with E-state index in [4.69, 9.17) is 10.8 Å². The molecule has 3 nitrogen and oxygen atoms in total. The molecule has 0 unspecified atom stereocenters. The van der Waals surface area contributed by atoms with E-state index in [0.29, 0.717) is 0 Å². The van der Waals surface area contributed by atoms with Crippen molar-refractivity contribution in [3.05, 3.63) is 41.6 Å². The van der Waals surface area contributed by atoms with Gasteiger partial charge in [-0.05, 0) is 31.4 Å². The average Bonchev–Trinajstić information content (AvgIpc) is 2.80. The Hall–Kier alpha value is -1.77. The molecule has 0 atom stereocenters. The molecular formula is C17H25N3. The number of para-hydroxylation sites is 1. The van der Waals surface area contributed by atoms with E-state index >= 15 is 0 Å². The summed E-state index contributed by atoms with van der Waals surface area (Å²) in [4.78, 5) is 0. The molecule has 20 heavy (non-hydrogen) atoms. The van der Waals surface area contributed by atoms with Crippen molar-refractivity contribution in [1.82, 2.24) is 9.78 Å². The van der Waals surface area contributed by atoms with Crippen molar-refractivity contribution in [2.75, 3.05) is 5.73 Å². The maximum atomic E-state index is 6.28. The van der Waals surface area contributed by atoms with Crippen molar-refractivity contribution in [3.63, 3.8) is 0 Å². The van der Waals surface area contributed by atoms with Crippen LogP contribution in [0.15, 0.2) is 30.3 Å². The Labute approximate surface area is 121 Å². The highest BCUT2D eigenvalue weighted by molar-refractivity contribution is 5.50. The van der Waals surface area contributed by atoms with Gasteiger partial charge in [-0.1, -0.05) is 51.3 Å². The Morgan fingerprint density at radius 1 is 1.05 bits per heavy atom. The maximum Gasteiger partial charge on any atom is 0.130 e. The maximum absolute atomic E-state index is 6.28. The zero-order valence-electron chi connectivity index (χ0n) is 12.6. The van der Waals surface area contributed by atoms with E-state index in [0.717, 1.165) is 24.3 Å². The quantitative estimate of drug-likeness (QED) is 0.769. The molecule has 1 heterocycles. The van der Waals surface area contributed by atoms with Crippen LogP contribution >= 0.6 is 0 Å². The summed E-state index contributed by atoms with van der Waals surface area (Å²) in [6.45, 7) is 4.39. The standard InChI is InChI=1S/C17H25N3/c1-3-5-6-10-13-16-15(4-2)17(18)20(19-16)14-11-8-7-9-12-14/h7-9,11-12H,3-6,10,13,18H2,1-2H3. The molecule has 2 rings (SSSR count). The van der Waals surface area contributed by atoms with Crippen molar-refractivity contribution in [1.29, 1.82) is 0 Å². The van der Waals surface area contributed by atoms with Crippen molar-refractivity contribution >= 4 is 5.82 Å². The predicted molar refractivity (Wildman–Crippen MR) is 85.2 cm³/mol. The van der Waals surface area contributed by atoms with Gasteiger partial charge >= 0.3 is 0 Å². The summed E-state index contributed by atoms with van der Waals surface area (Å²) in [5, 5.41) is 4.74. The average molecular weight is 271 g/mol. The number of nitrogens with zero attached hydrogens (tertiary/aromatic N) is 2. The van der Waals surface area contributed by atoms with E-state index in [1.54, 1.807) is 0 Å². The lowest BCUT2D eigenvalue weighted by atomic mass is 10.1. The number of aryl methyl sites for hydroxylation is 1. The molecule has 0 amide bonds. The second-order valence-corrected chi connectivity index (χ2v) is 5.22. The lowest BCUT2D eigenvalue weighted by Crippen LogP contribution is -2.02. The first kappa shape index (κ1) is 14.6. The zero-order valence-corrected chi connectivity index (χ0v) is 12.6. The van der Waals surface area contributed by atoms with E-state index in [1.807, 2.05) is 35.0 Å². The summed E-state index contributed by atoms with van der Waals surface area (Å²) in [7, 11) is 0. The first-order valence-corrected chi connectivity index (χ1v) is 7.69. The number of nitrogens with two attached hydrogens (primary N) is 1. The molecule has 0 aliphatic carbocycles. The van der Waals surface area contributed by atoms with E-state index in [2.05, 4.69) is 13.8 Å². The molecule has 0 fully saturated rings. The highest BCUT2D eigenvalue weighted by atomic mass is 15.3. The summed E-state index contributed by atoms with van der Waals surface area (Å²) in [5.41, 5.74) is 9.70. The van der Waals surface area contributed by atoms with Gasteiger partial charge < -0.3 is 5.73 Å². The van der Waals surface area contributed by atoms with E-state index < -0.39 is 0 Å². The molecule has 108 valence electrons. The van der Waals surface area contributed by atoms with Crippen LogP contribution in [-0.4, -0.2) is 9.78 Å². The first-order chi connectivity index (χ1) is 9.77. The normalized spacial score (nSPS) is 10.9. The molecule has 0 aliphatic heterocycles. The third-order valence-corrected chi connectivity index (χ3v) is 3.73. The number of unbranched alkanes of at least 4 members (excludes halogenated alkanes) is 3. The van der Waals surface area contributed by atoms with Crippen LogP contribution in [0, 0.1) is 0 Å². The van der Waals surface area contributed by atoms with E-state index in [9.17, 15) is 0 Å². The molecule has 0 saturated carbocycles. The summed E-state index contributed by atoms with van der Waals surface area (Å²) in [6.07, 6.45) is 7.02. The molecule has 3 heteroatoms. The second-order valence-electron chi connectivity index (χ2n) is 5.22. The second kappa shape index (κ2) is 7.13. The molecule has 0 aliphatic rings. The summed E-state index contributed by atoms with van der Waals surface area (Å²) < 4.78 is 1.88. The first-order valence-electron chi connectivity index (χ1n) is 7.69. The van der Waals surface area contributed by atoms with Gasteiger partial charge in [-0.3, -0.25) is 0 Å². The number of benzene rings is 1. The Morgan fingerprint density at radius 2 is 1.80 bits per heavy atom. The minimum atomic E-state index is 0.796. The van der Waals surface area contributed by atoms with Gasteiger partial charge in [-0.2, -0.15) is 5.10 Å². The minimum absolute atomic E-state index is 0.796. The number of hydrogen-bond acceptors (Lipinski definition) is 2. The number of hydrogen-bond donors (Lipinski definition) is 1. The van der Waals surface area contributed by atoms with E-state index in [1.165, 1.54) is 36.9 Å². The third-order valence-electron chi connectivity index (χ3n) is 3.73. The lowest BCUT2D eigenvalue weighted by Gasteiger charge is -2.03. The van der Waals surface area contributed by atoms with Gasteiger partial charge in [-0.15, -0.1) is 0 Å². The molecule has 0 spiro atoms. The van der Waals surface area contributed by atoms with Gasteiger partial charge in [0.05, 0.1) is 11.4 Å². The number of nitrogen functional groups attached to an aromatic ring is 1. The van der Waals surface area contributed by atoms with Gasteiger partial charge in [0.2, 0.25) is 0 Å². The number of rotatable bonds is 7. The van der Waals surface area contributed by atoms with Gasteiger partial charge in [0.1, 0.15) is 5.82 Å². The Morgan fingerprint density at radius 3 is 2.45 bits per heavy atom. The van der Waals surface area contributed by atoms with Crippen LogP contribution in [0.3, 0.4) is 0 Å². The van der Waals surface area contributed by atoms with Crippen LogP contribution in [0.1, 0.15) is 50.8 Å². The van der Waals surface area contributed by atoms with Crippen LogP contribution in [0.2, 0.25) is 0 Å². The van der Waals surface area contributed by atoms with Gasteiger partial charge in [-0.25, -0.2) is 4.68 Å².